The number of methoxy groups -OCH3 is 1. The molecule has 1 aliphatic rings. The number of carbonyl (C=O) groups is 1. The van der Waals surface area contributed by atoms with Crippen LogP contribution in [-0.2, 0) is 4.74 Å². The molecule has 0 unspecified atom stereocenters. The van der Waals surface area contributed by atoms with Crippen LogP contribution in [0.2, 0.25) is 0 Å². The van der Waals surface area contributed by atoms with Crippen molar-refractivity contribution >= 4 is 38.6 Å². The molecule has 0 spiro atoms. The van der Waals surface area contributed by atoms with E-state index in [-0.39, 0.29) is 18.0 Å². The summed E-state index contributed by atoms with van der Waals surface area (Å²) < 4.78 is 5.96. The van der Waals surface area contributed by atoms with Crippen LogP contribution in [0, 0.1) is 0 Å². The summed E-state index contributed by atoms with van der Waals surface area (Å²) in [5.74, 6) is 0.232. The highest BCUT2D eigenvalue weighted by Gasteiger charge is 2.34. The molecule has 1 saturated heterocycles. The average Bonchev–Trinajstić information content (AvgIpc) is 3.31. The molecule has 152 valence electrons. The number of carbonyl (C=O) groups excluding carboxylic acids is 1. The van der Waals surface area contributed by atoms with Crippen LogP contribution in [0.3, 0.4) is 0 Å². The summed E-state index contributed by atoms with van der Waals surface area (Å²) in [7, 11) is 1.71. The lowest BCUT2D eigenvalue weighted by Crippen LogP contribution is -2.42. The Labute approximate surface area is 177 Å². The molecule has 0 radical (unpaired) electrons. The standard InChI is InChI=1S/C21H24BrN5O2/c1-29-11-10-27-12-16(14-6-3-2-4-7-14)18(13-27)24-21(28)23-17-9-5-8-15-19(17)25-26-20(15)22/h2-9,16,18H,10-13H2,1H3,(H,25,26)(H2,23,24,28)/t16-,18+/m0/s1. The normalized spacial score (nSPS) is 19.5. The van der Waals surface area contributed by atoms with Gasteiger partial charge < -0.3 is 15.4 Å². The highest BCUT2D eigenvalue weighted by Crippen LogP contribution is 2.29. The SMILES string of the molecule is COCCN1C[C@@H](NC(=O)Nc2cccc3c(Br)n[nH]c23)[C@H](c2ccccc2)C1. The summed E-state index contributed by atoms with van der Waals surface area (Å²) >= 11 is 3.41. The predicted octanol–water partition coefficient (Wildman–Crippen LogP) is 3.56. The number of anilines is 1. The van der Waals surface area contributed by atoms with E-state index in [2.05, 4.69) is 53.8 Å². The molecular formula is C21H24BrN5O2. The van der Waals surface area contributed by atoms with Gasteiger partial charge in [0.25, 0.3) is 0 Å². The van der Waals surface area contributed by atoms with Gasteiger partial charge in [0.15, 0.2) is 0 Å². The van der Waals surface area contributed by atoms with Crippen LogP contribution in [0.5, 0.6) is 0 Å². The van der Waals surface area contributed by atoms with Crippen molar-refractivity contribution in [2.75, 3.05) is 38.7 Å². The Morgan fingerprint density at radius 3 is 2.86 bits per heavy atom. The van der Waals surface area contributed by atoms with E-state index in [9.17, 15) is 4.79 Å². The molecule has 1 aromatic heterocycles. The van der Waals surface area contributed by atoms with E-state index in [0.29, 0.717) is 12.3 Å². The highest BCUT2D eigenvalue weighted by molar-refractivity contribution is 9.10. The Hall–Kier alpha value is -2.42. The number of fused-ring (bicyclic) bond motifs is 1. The average molecular weight is 458 g/mol. The second-order valence-corrected chi connectivity index (χ2v) is 7.97. The number of hydrogen-bond acceptors (Lipinski definition) is 4. The van der Waals surface area contributed by atoms with E-state index in [1.54, 1.807) is 7.11 Å². The van der Waals surface area contributed by atoms with E-state index in [4.69, 9.17) is 4.74 Å². The fourth-order valence-electron chi connectivity index (χ4n) is 3.91. The van der Waals surface area contributed by atoms with Crippen molar-refractivity contribution in [1.82, 2.24) is 20.4 Å². The summed E-state index contributed by atoms with van der Waals surface area (Å²) in [5.41, 5.74) is 2.73. The van der Waals surface area contributed by atoms with Crippen molar-refractivity contribution < 1.29 is 9.53 Å². The maximum absolute atomic E-state index is 12.8. The van der Waals surface area contributed by atoms with E-state index in [1.807, 2.05) is 36.4 Å². The lowest BCUT2D eigenvalue weighted by molar-refractivity contribution is 0.159. The van der Waals surface area contributed by atoms with Gasteiger partial charge in [-0.15, -0.1) is 0 Å². The fraction of sp³-hybridized carbons (Fsp3) is 0.333. The van der Waals surface area contributed by atoms with E-state index in [0.717, 1.165) is 35.1 Å². The zero-order valence-electron chi connectivity index (χ0n) is 16.2. The molecule has 0 bridgehead atoms. The Kier molecular flexibility index (Phi) is 6.13. The predicted molar refractivity (Wildman–Crippen MR) is 117 cm³/mol. The van der Waals surface area contributed by atoms with Gasteiger partial charge in [0.05, 0.1) is 23.9 Å². The second kappa shape index (κ2) is 8.94. The minimum absolute atomic E-state index is 0.0157. The minimum atomic E-state index is -0.220. The summed E-state index contributed by atoms with van der Waals surface area (Å²) in [5, 5.41) is 14.2. The van der Waals surface area contributed by atoms with Crippen LogP contribution in [0.4, 0.5) is 10.5 Å². The first-order valence-corrected chi connectivity index (χ1v) is 10.4. The van der Waals surface area contributed by atoms with Crippen molar-refractivity contribution in [3.05, 3.63) is 58.7 Å². The molecule has 8 heteroatoms. The van der Waals surface area contributed by atoms with E-state index >= 15 is 0 Å². The molecule has 2 atom stereocenters. The smallest absolute Gasteiger partial charge is 0.319 e. The Morgan fingerprint density at radius 2 is 2.07 bits per heavy atom. The topological polar surface area (TPSA) is 82.3 Å². The number of nitrogens with one attached hydrogen (secondary N) is 3. The van der Waals surface area contributed by atoms with Crippen LogP contribution in [0.15, 0.2) is 53.1 Å². The summed E-state index contributed by atoms with van der Waals surface area (Å²) in [4.78, 5) is 15.1. The van der Waals surface area contributed by atoms with Gasteiger partial charge in [0, 0.05) is 38.0 Å². The van der Waals surface area contributed by atoms with Crippen molar-refractivity contribution in [1.29, 1.82) is 0 Å². The Balaban J connectivity index is 1.48. The molecule has 1 aliphatic heterocycles. The quantitative estimate of drug-likeness (QED) is 0.528. The van der Waals surface area contributed by atoms with Crippen molar-refractivity contribution in [3.8, 4) is 0 Å². The molecular weight excluding hydrogens is 434 g/mol. The Morgan fingerprint density at radius 1 is 1.24 bits per heavy atom. The second-order valence-electron chi connectivity index (χ2n) is 7.22. The number of aromatic amines is 1. The highest BCUT2D eigenvalue weighted by atomic mass is 79.9. The number of H-pyrrole nitrogens is 1. The third-order valence-corrected chi connectivity index (χ3v) is 5.96. The first-order valence-electron chi connectivity index (χ1n) is 9.62. The van der Waals surface area contributed by atoms with Crippen LogP contribution < -0.4 is 10.6 Å². The molecule has 1 fully saturated rings. The van der Waals surface area contributed by atoms with Crippen LogP contribution in [-0.4, -0.2) is 60.5 Å². The number of nitrogens with zero attached hydrogens (tertiary/aromatic N) is 2. The molecule has 3 aromatic rings. The van der Waals surface area contributed by atoms with Gasteiger partial charge in [-0.2, -0.15) is 5.10 Å². The molecule has 3 N–H and O–H groups in total. The van der Waals surface area contributed by atoms with Crippen molar-refractivity contribution in [2.24, 2.45) is 0 Å². The molecule has 0 saturated carbocycles. The van der Waals surface area contributed by atoms with Gasteiger partial charge >= 0.3 is 6.03 Å². The van der Waals surface area contributed by atoms with Gasteiger partial charge in [0.2, 0.25) is 0 Å². The summed E-state index contributed by atoms with van der Waals surface area (Å²) in [6.45, 7) is 3.20. The van der Waals surface area contributed by atoms with Crippen LogP contribution in [0.1, 0.15) is 11.5 Å². The minimum Gasteiger partial charge on any atom is -0.383 e. The zero-order chi connectivity index (χ0) is 20.2. The first-order chi connectivity index (χ1) is 14.2. The number of para-hydroxylation sites is 1. The zero-order valence-corrected chi connectivity index (χ0v) is 17.8. The van der Waals surface area contributed by atoms with Gasteiger partial charge in [-0.05, 0) is 33.6 Å². The lowest BCUT2D eigenvalue weighted by Gasteiger charge is -2.20. The van der Waals surface area contributed by atoms with Crippen molar-refractivity contribution in [2.45, 2.75) is 12.0 Å². The molecule has 2 aromatic carbocycles. The third-order valence-electron chi connectivity index (χ3n) is 5.35. The Bertz CT molecular complexity index is 978. The molecule has 2 amide bonds. The fourth-order valence-corrected chi connectivity index (χ4v) is 4.33. The maximum Gasteiger partial charge on any atom is 0.319 e. The van der Waals surface area contributed by atoms with E-state index < -0.39 is 0 Å². The lowest BCUT2D eigenvalue weighted by atomic mass is 9.94. The number of halogens is 1. The molecule has 2 heterocycles. The largest absolute Gasteiger partial charge is 0.383 e. The molecule has 4 rings (SSSR count). The number of aromatic nitrogens is 2. The molecule has 29 heavy (non-hydrogen) atoms. The monoisotopic (exact) mass is 457 g/mol. The van der Waals surface area contributed by atoms with Gasteiger partial charge in [0.1, 0.15) is 4.60 Å². The van der Waals surface area contributed by atoms with Crippen molar-refractivity contribution in [3.63, 3.8) is 0 Å². The number of benzene rings is 2. The van der Waals surface area contributed by atoms with Gasteiger partial charge in [-0.1, -0.05) is 36.4 Å². The van der Waals surface area contributed by atoms with Gasteiger partial charge in [-0.3, -0.25) is 10.00 Å². The first kappa shape index (κ1) is 19.9. The number of rotatable bonds is 6. The number of likely N-dealkylation sites (tertiary alicyclic amines) is 1. The summed E-state index contributed by atoms with van der Waals surface area (Å²) in [6.07, 6.45) is 0. The molecule has 7 nitrogen and oxygen atoms in total. The van der Waals surface area contributed by atoms with Crippen LogP contribution in [0.25, 0.3) is 10.9 Å². The van der Waals surface area contributed by atoms with Gasteiger partial charge in [-0.25, -0.2) is 4.79 Å². The van der Waals surface area contributed by atoms with Crippen LogP contribution >= 0.6 is 15.9 Å². The number of amides is 2. The number of ether oxygens (including phenoxy) is 1. The number of urea groups is 1. The third kappa shape index (κ3) is 4.44. The summed E-state index contributed by atoms with van der Waals surface area (Å²) in [6, 6.07) is 15.8. The molecule has 0 aliphatic carbocycles. The number of hydrogen-bond donors (Lipinski definition) is 3. The maximum atomic E-state index is 12.8. The van der Waals surface area contributed by atoms with E-state index in [1.165, 1.54) is 5.56 Å².